The van der Waals surface area contributed by atoms with Crippen molar-refractivity contribution < 1.29 is 28.9 Å². The summed E-state index contributed by atoms with van der Waals surface area (Å²) in [6.07, 6.45) is -0.0505. The number of aliphatic carboxylic acids is 1. The normalized spacial score (nSPS) is 11.8. The third kappa shape index (κ3) is 11.5. The molecule has 1 unspecified atom stereocenters. The summed E-state index contributed by atoms with van der Waals surface area (Å²) in [4.78, 5) is 26.8. The molecule has 35 heavy (non-hydrogen) atoms. The van der Waals surface area contributed by atoms with Crippen LogP contribution in [0.3, 0.4) is 0 Å². The second-order valence-corrected chi connectivity index (χ2v) is 9.62. The summed E-state index contributed by atoms with van der Waals surface area (Å²) in [6.45, 7) is 7.86. The Labute approximate surface area is 212 Å². The largest absolute Gasteiger partial charge is 0.492 e. The fourth-order valence-electron chi connectivity index (χ4n) is 3.21. The molecule has 2 aromatic rings. The minimum absolute atomic E-state index is 0.271. The molecule has 0 fully saturated rings. The number of ether oxygens (including phenoxy) is 3. The topological polar surface area (TPSA) is 85.3 Å². The maximum Gasteiger partial charge on any atom is 0.409 e. The second-order valence-electron chi connectivity index (χ2n) is 8.45. The number of nitrogens with zero attached hydrogens (tertiary/aromatic N) is 1. The van der Waals surface area contributed by atoms with Crippen molar-refractivity contribution in [3.8, 4) is 5.75 Å². The first-order valence-corrected chi connectivity index (χ1v) is 13.0. The van der Waals surface area contributed by atoms with Gasteiger partial charge in [0, 0.05) is 24.5 Å². The Morgan fingerprint density at radius 1 is 1.03 bits per heavy atom. The lowest BCUT2D eigenvalue weighted by Gasteiger charge is -2.23. The number of amides is 1. The highest BCUT2D eigenvalue weighted by atomic mass is 32.2. The highest BCUT2D eigenvalue weighted by molar-refractivity contribution is 7.99. The molecule has 0 heterocycles. The summed E-state index contributed by atoms with van der Waals surface area (Å²) < 4.78 is 16.6. The zero-order valence-corrected chi connectivity index (χ0v) is 21.7. The summed E-state index contributed by atoms with van der Waals surface area (Å²) in [5.41, 5.74) is 0.855. The van der Waals surface area contributed by atoms with Crippen molar-refractivity contribution in [2.45, 2.75) is 44.6 Å². The Bertz CT molecular complexity index is 875. The predicted molar refractivity (Wildman–Crippen MR) is 138 cm³/mol. The van der Waals surface area contributed by atoms with E-state index in [1.165, 1.54) is 4.90 Å². The van der Waals surface area contributed by atoms with Crippen LogP contribution in [0.5, 0.6) is 5.75 Å². The van der Waals surface area contributed by atoms with Crippen molar-refractivity contribution in [3.63, 3.8) is 0 Å². The molecular weight excluding hydrogens is 466 g/mol. The molecule has 0 saturated carbocycles. The van der Waals surface area contributed by atoms with E-state index >= 15 is 0 Å². The highest BCUT2D eigenvalue weighted by Crippen LogP contribution is 2.18. The second kappa shape index (κ2) is 16.1. The van der Waals surface area contributed by atoms with Crippen molar-refractivity contribution in [3.05, 3.63) is 60.2 Å². The summed E-state index contributed by atoms with van der Waals surface area (Å²) in [6, 6.07) is 17.5. The molecule has 8 heteroatoms. The average Bonchev–Trinajstić information content (AvgIpc) is 2.85. The van der Waals surface area contributed by atoms with Gasteiger partial charge >= 0.3 is 12.1 Å². The lowest BCUT2D eigenvalue weighted by molar-refractivity contribution is -0.149. The van der Waals surface area contributed by atoms with Crippen molar-refractivity contribution in [1.82, 2.24) is 4.90 Å². The predicted octanol–water partition coefficient (Wildman–Crippen LogP) is 5.37. The Hall–Kier alpha value is -2.71. The lowest BCUT2D eigenvalue weighted by Crippen LogP contribution is -2.36. The molecule has 0 saturated heterocycles. The first kappa shape index (κ1) is 28.5. The van der Waals surface area contributed by atoms with Crippen LogP contribution in [0.4, 0.5) is 4.79 Å². The zero-order chi connectivity index (χ0) is 25.5. The Kier molecular flexibility index (Phi) is 13.1. The van der Waals surface area contributed by atoms with E-state index in [1.807, 2.05) is 44.2 Å². The summed E-state index contributed by atoms with van der Waals surface area (Å²) >= 11 is 1.77. The van der Waals surface area contributed by atoms with Crippen LogP contribution < -0.4 is 4.74 Å². The maximum atomic E-state index is 12.6. The van der Waals surface area contributed by atoms with Gasteiger partial charge in [-0.3, -0.25) is 0 Å². The van der Waals surface area contributed by atoms with Gasteiger partial charge in [-0.05, 0) is 54.8 Å². The van der Waals surface area contributed by atoms with Gasteiger partial charge in [-0.15, -0.1) is 11.8 Å². The van der Waals surface area contributed by atoms with Crippen molar-refractivity contribution in [2.24, 2.45) is 5.92 Å². The van der Waals surface area contributed by atoms with E-state index in [4.69, 9.17) is 14.2 Å². The van der Waals surface area contributed by atoms with Gasteiger partial charge in [0.15, 0.2) is 6.10 Å². The van der Waals surface area contributed by atoms with Crippen LogP contribution in [-0.4, -0.2) is 66.8 Å². The van der Waals surface area contributed by atoms with Gasteiger partial charge in [-0.2, -0.15) is 0 Å². The average molecular weight is 504 g/mol. The number of carboxylic acids is 1. The Morgan fingerprint density at radius 3 is 2.37 bits per heavy atom. The van der Waals surface area contributed by atoms with E-state index in [1.54, 1.807) is 35.7 Å². The van der Waals surface area contributed by atoms with E-state index in [0.29, 0.717) is 45.1 Å². The molecule has 192 valence electrons. The van der Waals surface area contributed by atoms with E-state index in [-0.39, 0.29) is 12.0 Å². The van der Waals surface area contributed by atoms with Gasteiger partial charge in [-0.25, -0.2) is 9.59 Å². The molecule has 0 aliphatic carbocycles. The fraction of sp³-hybridized carbons (Fsp3) is 0.481. The molecule has 2 rings (SSSR count). The summed E-state index contributed by atoms with van der Waals surface area (Å²) in [5.74, 6) is 0.859. The van der Waals surface area contributed by atoms with Crippen LogP contribution in [0.25, 0.3) is 0 Å². The number of rotatable bonds is 16. The van der Waals surface area contributed by atoms with E-state index in [0.717, 1.165) is 17.7 Å². The molecule has 7 nitrogen and oxygen atoms in total. The zero-order valence-electron chi connectivity index (χ0n) is 20.9. The Morgan fingerprint density at radius 2 is 1.74 bits per heavy atom. The van der Waals surface area contributed by atoms with Gasteiger partial charge in [0.05, 0.1) is 13.2 Å². The Balaban J connectivity index is 1.83. The molecule has 0 aromatic heterocycles. The third-order valence-corrected chi connectivity index (χ3v) is 6.10. The number of hydrogen-bond acceptors (Lipinski definition) is 6. The van der Waals surface area contributed by atoms with Gasteiger partial charge in [0.25, 0.3) is 0 Å². The molecule has 0 spiro atoms. The minimum Gasteiger partial charge on any atom is -0.492 e. The molecule has 1 amide bonds. The quantitative estimate of drug-likeness (QED) is 0.243. The SMILES string of the molecule is CCOC(Cc1ccc(OCCN(CCCSc2ccccc2)C(=O)OCC(C)C)cc1)C(=O)O. The number of thioether (sulfide) groups is 1. The fourth-order valence-corrected chi connectivity index (χ4v) is 4.07. The molecule has 0 aliphatic rings. The number of carboxylic acid groups (broad SMARTS) is 1. The van der Waals surface area contributed by atoms with Crippen molar-refractivity contribution >= 4 is 23.8 Å². The van der Waals surface area contributed by atoms with E-state index < -0.39 is 12.1 Å². The summed E-state index contributed by atoms with van der Waals surface area (Å²) in [5, 5.41) is 9.24. The standard InChI is InChI=1S/C27H37NO6S/c1-4-32-25(26(29)30)19-22-11-13-23(14-12-22)33-17-16-28(27(31)34-20-21(2)3)15-8-18-35-24-9-6-5-7-10-24/h5-7,9-14,21,25H,4,8,15-20H2,1-3H3,(H,29,30). The van der Waals surface area contributed by atoms with Crippen molar-refractivity contribution in [2.75, 3.05) is 38.7 Å². The smallest absolute Gasteiger partial charge is 0.409 e. The van der Waals surface area contributed by atoms with E-state index in [9.17, 15) is 14.7 Å². The monoisotopic (exact) mass is 503 g/mol. The van der Waals surface area contributed by atoms with Crippen LogP contribution in [0.15, 0.2) is 59.5 Å². The molecule has 1 atom stereocenters. The number of benzene rings is 2. The van der Waals surface area contributed by atoms with E-state index in [2.05, 4.69) is 12.1 Å². The molecule has 0 bridgehead atoms. The van der Waals surface area contributed by atoms with Gasteiger partial charge in [-0.1, -0.05) is 44.2 Å². The molecular formula is C27H37NO6S. The van der Waals surface area contributed by atoms with Gasteiger partial charge in [0.1, 0.15) is 12.4 Å². The number of carbonyl (C=O) groups is 2. The van der Waals surface area contributed by atoms with Crippen LogP contribution >= 0.6 is 11.8 Å². The lowest BCUT2D eigenvalue weighted by atomic mass is 10.1. The minimum atomic E-state index is -0.973. The number of hydrogen-bond donors (Lipinski definition) is 1. The molecule has 1 N–H and O–H groups in total. The number of carbonyl (C=O) groups excluding carboxylic acids is 1. The van der Waals surface area contributed by atoms with Gasteiger partial charge in [0.2, 0.25) is 0 Å². The molecule has 2 aromatic carbocycles. The van der Waals surface area contributed by atoms with Crippen LogP contribution in [-0.2, 0) is 20.7 Å². The first-order chi connectivity index (χ1) is 16.9. The molecule has 0 aliphatic heterocycles. The van der Waals surface area contributed by atoms with Crippen LogP contribution in [0.2, 0.25) is 0 Å². The molecule has 0 radical (unpaired) electrons. The van der Waals surface area contributed by atoms with Gasteiger partial charge < -0.3 is 24.2 Å². The first-order valence-electron chi connectivity index (χ1n) is 12.0. The van der Waals surface area contributed by atoms with Crippen LogP contribution in [0.1, 0.15) is 32.8 Å². The summed E-state index contributed by atoms with van der Waals surface area (Å²) in [7, 11) is 0. The highest BCUT2D eigenvalue weighted by Gasteiger charge is 2.18. The van der Waals surface area contributed by atoms with Crippen LogP contribution in [0, 0.1) is 5.92 Å². The maximum absolute atomic E-state index is 12.6. The van der Waals surface area contributed by atoms with Crippen molar-refractivity contribution in [1.29, 1.82) is 0 Å². The third-order valence-electron chi connectivity index (χ3n) is 5.00.